The fourth-order valence-electron chi connectivity index (χ4n) is 4.71. The fraction of sp³-hybridized carbons (Fsp3) is 0.556. The Balaban J connectivity index is 1.81. The molecule has 3 rings (SSSR count). The van der Waals surface area contributed by atoms with E-state index in [-0.39, 0.29) is 48.7 Å². The van der Waals surface area contributed by atoms with Gasteiger partial charge in [0.25, 0.3) is 5.56 Å². The van der Waals surface area contributed by atoms with Crippen molar-refractivity contribution in [1.82, 2.24) is 14.5 Å². The first kappa shape index (κ1) is 28.8. The summed E-state index contributed by atoms with van der Waals surface area (Å²) in [5, 5.41) is 0. The summed E-state index contributed by atoms with van der Waals surface area (Å²) in [7, 11) is 3.14. The molecule has 1 aliphatic heterocycles. The van der Waals surface area contributed by atoms with Crippen molar-refractivity contribution in [2.75, 3.05) is 44.5 Å². The molecule has 3 N–H and O–H groups in total. The van der Waals surface area contributed by atoms with Crippen molar-refractivity contribution < 1.29 is 19.1 Å². The predicted octanol–water partition coefficient (Wildman–Crippen LogP) is 2.02. The average Bonchev–Trinajstić information content (AvgIpc) is 3.25. The molecule has 1 atom stereocenters. The highest BCUT2D eigenvalue weighted by atomic mass is 16.5. The van der Waals surface area contributed by atoms with E-state index >= 15 is 0 Å². The number of aromatic nitrogens is 2. The number of rotatable bonds is 12. The number of carbonyl (C=O) groups excluding carboxylic acids is 2. The molecule has 1 saturated heterocycles. The van der Waals surface area contributed by atoms with E-state index in [1.807, 2.05) is 39.0 Å². The molecule has 1 fully saturated rings. The minimum Gasteiger partial charge on any atom is -0.493 e. The van der Waals surface area contributed by atoms with Crippen molar-refractivity contribution in [1.29, 1.82) is 0 Å². The molecule has 0 unspecified atom stereocenters. The number of hydrogen-bond donors (Lipinski definition) is 2. The number of nitrogens with one attached hydrogen (secondary N) is 1. The number of hydrogen-bond acceptors (Lipinski definition) is 7. The van der Waals surface area contributed by atoms with Gasteiger partial charge in [0.15, 0.2) is 17.2 Å². The van der Waals surface area contributed by atoms with Gasteiger partial charge in [0.1, 0.15) is 5.82 Å². The van der Waals surface area contributed by atoms with Crippen LogP contribution in [0.4, 0.5) is 11.5 Å². The lowest BCUT2D eigenvalue weighted by Crippen LogP contribution is -2.45. The maximum atomic E-state index is 13.7. The van der Waals surface area contributed by atoms with E-state index in [2.05, 4.69) is 4.98 Å². The van der Waals surface area contributed by atoms with Gasteiger partial charge in [-0.2, -0.15) is 0 Å². The van der Waals surface area contributed by atoms with E-state index in [4.69, 9.17) is 15.2 Å². The summed E-state index contributed by atoms with van der Waals surface area (Å²) in [6.07, 6.45) is 2.16. The number of methoxy groups -OCH3 is 2. The summed E-state index contributed by atoms with van der Waals surface area (Å²) in [5.74, 6) is 0.129. The number of likely N-dealkylation sites (tertiary alicyclic amines) is 1. The molecular weight excluding hydrogens is 490 g/mol. The van der Waals surface area contributed by atoms with E-state index in [9.17, 15) is 19.2 Å². The third-order valence-electron chi connectivity index (χ3n) is 6.72. The van der Waals surface area contributed by atoms with Crippen LogP contribution in [0.1, 0.15) is 45.6 Å². The Bertz CT molecular complexity index is 1270. The van der Waals surface area contributed by atoms with E-state index in [1.54, 1.807) is 19.1 Å². The second-order valence-corrected chi connectivity index (χ2v) is 10.0. The van der Waals surface area contributed by atoms with Gasteiger partial charge >= 0.3 is 5.69 Å². The van der Waals surface area contributed by atoms with Gasteiger partial charge in [-0.1, -0.05) is 33.3 Å². The van der Waals surface area contributed by atoms with E-state index < -0.39 is 17.2 Å². The largest absolute Gasteiger partial charge is 0.493 e. The first-order chi connectivity index (χ1) is 18.1. The second kappa shape index (κ2) is 12.7. The Morgan fingerprint density at radius 2 is 1.87 bits per heavy atom. The monoisotopic (exact) mass is 529 g/mol. The van der Waals surface area contributed by atoms with Crippen molar-refractivity contribution in [3.8, 4) is 11.5 Å². The summed E-state index contributed by atoms with van der Waals surface area (Å²) in [4.78, 5) is 57.2. The van der Waals surface area contributed by atoms with Crippen LogP contribution < -0.4 is 31.4 Å². The zero-order valence-electron chi connectivity index (χ0n) is 22.9. The number of ether oxygens (including phenoxy) is 2. The van der Waals surface area contributed by atoms with Crippen LogP contribution in [0.3, 0.4) is 0 Å². The third-order valence-corrected chi connectivity index (χ3v) is 6.72. The maximum Gasteiger partial charge on any atom is 0.330 e. The van der Waals surface area contributed by atoms with Gasteiger partial charge in [-0.15, -0.1) is 0 Å². The highest BCUT2D eigenvalue weighted by Gasteiger charge is 2.38. The van der Waals surface area contributed by atoms with E-state index in [0.29, 0.717) is 37.4 Å². The molecule has 2 heterocycles. The zero-order valence-corrected chi connectivity index (χ0v) is 22.9. The van der Waals surface area contributed by atoms with Gasteiger partial charge in [0.05, 0.1) is 20.1 Å². The van der Waals surface area contributed by atoms with Crippen molar-refractivity contribution in [2.45, 2.75) is 53.0 Å². The summed E-state index contributed by atoms with van der Waals surface area (Å²) in [6.45, 7) is 7.07. The van der Waals surface area contributed by atoms with Crippen molar-refractivity contribution in [3.05, 3.63) is 44.6 Å². The Labute approximate surface area is 222 Å². The summed E-state index contributed by atoms with van der Waals surface area (Å²) in [5.41, 5.74) is 5.94. The Hall–Kier alpha value is -3.76. The van der Waals surface area contributed by atoms with Crippen molar-refractivity contribution >= 4 is 23.3 Å². The lowest BCUT2D eigenvalue weighted by molar-refractivity contribution is -0.128. The maximum absolute atomic E-state index is 13.7. The summed E-state index contributed by atoms with van der Waals surface area (Å²) in [6, 6.07) is 5.60. The molecular formula is C27H39N5O6. The zero-order chi connectivity index (χ0) is 28.0. The first-order valence-corrected chi connectivity index (χ1v) is 13.0. The number of aromatic amines is 1. The Kier molecular flexibility index (Phi) is 9.60. The topological polar surface area (TPSA) is 140 Å². The van der Waals surface area contributed by atoms with Crippen molar-refractivity contribution in [3.63, 3.8) is 0 Å². The minimum absolute atomic E-state index is 0.0204. The van der Waals surface area contributed by atoms with Crippen molar-refractivity contribution in [2.24, 2.45) is 11.8 Å². The quantitative estimate of drug-likeness (QED) is 0.429. The number of nitrogen functional groups attached to an aromatic ring is 1. The van der Waals surface area contributed by atoms with Gasteiger partial charge in [-0.25, -0.2) is 4.79 Å². The van der Waals surface area contributed by atoms with E-state index in [0.717, 1.165) is 12.0 Å². The summed E-state index contributed by atoms with van der Waals surface area (Å²) >= 11 is 0. The second-order valence-electron chi connectivity index (χ2n) is 10.0. The Morgan fingerprint density at radius 1 is 1.16 bits per heavy atom. The van der Waals surface area contributed by atoms with Gasteiger partial charge in [-0.05, 0) is 36.5 Å². The number of H-pyrrole nitrogens is 1. The Morgan fingerprint density at radius 3 is 2.50 bits per heavy atom. The van der Waals surface area contributed by atoms with Gasteiger partial charge < -0.3 is 25.0 Å². The molecule has 0 aliphatic carbocycles. The fourth-order valence-corrected chi connectivity index (χ4v) is 4.71. The molecule has 38 heavy (non-hydrogen) atoms. The molecule has 0 saturated carbocycles. The number of unbranched alkanes of at least 4 members (excludes halogenated alkanes) is 1. The first-order valence-electron chi connectivity index (χ1n) is 13.0. The highest BCUT2D eigenvalue weighted by Crippen LogP contribution is 2.29. The number of anilines is 2. The molecule has 2 aromatic rings. The average molecular weight is 530 g/mol. The van der Waals surface area contributed by atoms with Gasteiger partial charge in [-0.3, -0.25) is 23.9 Å². The normalized spacial score (nSPS) is 15.3. The van der Waals surface area contributed by atoms with E-state index in [1.165, 1.54) is 9.47 Å². The van der Waals surface area contributed by atoms with Crippen LogP contribution in [0.5, 0.6) is 11.5 Å². The third kappa shape index (κ3) is 6.38. The molecule has 11 nitrogen and oxygen atoms in total. The molecule has 2 amide bonds. The lowest BCUT2D eigenvalue weighted by Gasteiger charge is -2.28. The van der Waals surface area contributed by atoms with Crippen LogP contribution in [-0.4, -0.2) is 60.1 Å². The molecule has 11 heteroatoms. The molecule has 0 spiro atoms. The van der Waals surface area contributed by atoms with Crippen LogP contribution in [0.25, 0.3) is 0 Å². The number of benzene rings is 1. The van der Waals surface area contributed by atoms with Crippen LogP contribution in [0.2, 0.25) is 0 Å². The molecule has 1 aliphatic rings. The molecule has 0 bridgehead atoms. The smallest absolute Gasteiger partial charge is 0.330 e. The van der Waals surface area contributed by atoms with Gasteiger partial charge in [0.2, 0.25) is 11.8 Å². The van der Waals surface area contributed by atoms with Crippen LogP contribution in [0.15, 0.2) is 27.8 Å². The molecule has 1 aromatic heterocycles. The molecule has 208 valence electrons. The number of nitrogens with two attached hydrogens (primary N) is 1. The molecule has 0 radical (unpaired) electrons. The van der Waals surface area contributed by atoms with Gasteiger partial charge in [0, 0.05) is 32.6 Å². The number of nitrogens with zero attached hydrogens (tertiary/aromatic N) is 3. The van der Waals surface area contributed by atoms with Crippen LogP contribution in [-0.2, 0) is 22.6 Å². The lowest BCUT2D eigenvalue weighted by atomic mass is 10.1. The SMILES string of the molecule is CCCCn1c(N)c(N(CC(C)C)C(=O)[C@@H]2CC(=O)N(CCc3ccc(OC)c(OC)c3)C2)c(=O)[nH]c1=O. The predicted molar refractivity (Wildman–Crippen MR) is 146 cm³/mol. The summed E-state index contributed by atoms with van der Waals surface area (Å²) < 4.78 is 11.9. The molecule has 1 aromatic carbocycles. The minimum atomic E-state index is -0.705. The van der Waals surface area contributed by atoms with Crippen LogP contribution in [0, 0.1) is 11.8 Å². The highest BCUT2D eigenvalue weighted by molar-refractivity contribution is 6.00. The number of carbonyl (C=O) groups is 2. The van der Waals surface area contributed by atoms with Crippen LogP contribution >= 0.6 is 0 Å². The number of amides is 2. The standard InChI is InChI=1S/C27H39N5O6/c1-6-7-11-31-24(28)23(25(34)29-27(31)36)32(15-17(2)3)26(35)19-14-22(33)30(16-19)12-10-18-8-9-20(37-4)21(13-18)38-5/h8-9,13,17,19H,6-7,10-12,14-16,28H2,1-5H3,(H,29,34,36)/t19-/m1/s1.